The van der Waals surface area contributed by atoms with E-state index in [1.54, 1.807) is 31.3 Å². The molecule has 0 unspecified atom stereocenters. The number of carbonyl (C=O) groups excluding carboxylic acids is 2. The molecular formula is C14H21N3O4. The Balaban J connectivity index is 2.83. The lowest BCUT2D eigenvalue weighted by atomic mass is 10.2. The largest absolute Gasteiger partial charge is 0.383 e. The summed E-state index contributed by atoms with van der Waals surface area (Å²) >= 11 is 0. The highest BCUT2D eigenvalue weighted by Gasteiger charge is 2.16. The van der Waals surface area contributed by atoms with E-state index in [9.17, 15) is 9.59 Å². The summed E-state index contributed by atoms with van der Waals surface area (Å²) in [6, 6.07) is 3.16. The van der Waals surface area contributed by atoms with E-state index < -0.39 is 0 Å². The lowest BCUT2D eigenvalue weighted by Gasteiger charge is -2.22. The fraction of sp³-hybridized carbons (Fsp3) is 0.500. The van der Waals surface area contributed by atoms with Gasteiger partial charge >= 0.3 is 0 Å². The molecule has 0 fully saturated rings. The molecule has 7 heteroatoms. The molecule has 0 saturated heterocycles. The minimum absolute atomic E-state index is 0.155. The number of ether oxygens (including phenoxy) is 2. The summed E-state index contributed by atoms with van der Waals surface area (Å²) in [5.74, 6) is -0.0346. The Kier molecular flexibility index (Phi) is 7.34. The van der Waals surface area contributed by atoms with Crippen LogP contribution in [0.4, 0.5) is 5.82 Å². The predicted molar refractivity (Wildman–Crippen MR) is 78.2 cm³/mol. The number of nitrogens with zero attached hydrogens (tertiary/aromatic N) is 2. The Labute approximate surface area is 124 Å². The molecule has 0 aliphatic rings. The number of anilines is 1. The second-order valence-electron chi connectivity index (χ2n) is 4.39. The maximum absolute atomic E-state index is 12.5. The van der Waals surface area contributed by atoms with Crippen molar-refractivity contribution >= 4 is 17.6 Å². The number of methoxy groups -OCH3 is 2. The van der Waals surface area contributed by atoms with Crippen LogP contribution in [-0.4, -0.2) is 62.2 Å². The predicted octanol–water partition coefficient (Wildman–Crippen LogP) is 0.775. The third-order valence-corrected chi connectivity index (χ3v) is 2.73. The van der Waals surface area contributed by atoms with Crippen LogP contribution in [0.1, 0.15) is 17.3 Å². The first kappa shape index (κ1) is 17.1. The van der Waals surface area contributed by atoms with E-state index in [4.69, 9.17) is 9.47 Å². The molecular weight excluding hydrogens is 274 g/mol. The van der Waals surface area contributed by atoms with Crippen molar-refractivity contribution in [1.82, 2.24) is 9.88 Å². The lowest BCUT2D eigenvalue weighted by Crippen LogP contribution is -2.36. The van der Waals surface area contributed by atoms with E-state index >= 15 is 0 Å². The first-order chi connectivity index (χ1) is 10.1. The molecule has 0 radical (unpaired) electrons. The number of hydrogen-bond donors (Lipinski definition) is 1. The Morgan fingerprint density at radius 2 is 1.86 bits per heavy atom. The van der Waals surface area contributed by atoms with E-state index in [2.05, 4.69) is 10.3 Å². The smallest absolute Gasteiger partial charge is 0.254 e. The highest BCUT2D eigenvalue weighted by atomic mass is 16.5. The van der Waals surface area contributed by atoms with Gasteiger partial charge < -0.3 is 19.7 Å². The van der Waals surface area contributed by atoms with Gasteiger partial charge in [0.05, 0.1) is 13.2 Å². The summed E-state index contributed by atoms with van der Waals surface area (Å²) in [5.41, 5.74) is 0.459. The van der Waals surface area contributed by atoms with Crippen LogP contribution in [0.25, 0.3) is 0 Å². The molecule has 0 aromatic carbocycles. The standard InChI is InChI=1S/C14H21N3O4/c1-11(18)16-13-10-12(4-5-15-13)14(19)17(6-8-20-2)7-9-21-3/h4-5,10H,6-9H2,1-3H3,(H,15,16,18). The van der Waals surface area contributed by atoms with Gasteiger partial charge in [0.2, 0.25) is 5.91 Å². The highest BCUT2D eigenvalue weighted by Crippen LogP contribution is 2.10. The monoisotopic (exact) mass is 295 g/mol. The number of aromatic nitrogens is 1. The molecule has 2 amide bonds. The van der Waals surface area contributed by atoms with Crippen molar-refractivity contribution in [3.05, 3.63) is 23.9 Å². The third kappa shape index (κ3) is 5.88. The number of nitrogens with one attached hydrogen (secondary N) is 1. The second-order valence-corrected chi connectivity index (χ2v) is 4.39. The van der Waals surface area contributed by atoms with Crippen LogP contribution in [0, 0.1) is 0 Å². The molecule has 1 heterocycles. The van der Waals surface area contributed by atoms with Crippen LogP contribution in [0.3, 0.4) is 0 Å². The van der Waals surface area contributed by atoms with E-state index in [-0.39, 0.29) is 11.8 Å². The molecule has 116 valence electrons. The zero-order chi connectivity index (χ0) is 15.7. The van der Waals surface area contributed by atoms with E-state index in [1.165, 1.54) is 13.1 Å². The van der Waals surface area contributed by atoms with E-state index in [0.29, 0.717) is 37.7 Å². The molecule has 0 atom stereocenters. The van der Waals surface area contributed by atoms with Crippen molar-refractivity contribution in [2.45, 2.75) is 6.92 Å². The van der Waals surface area contributed by atoms with Gasteiger partial charge in [-0.1, -0.05) is 0 Å². The van der Waals surface area contributed by atoms with Crippen LogP contribution < -0.4 is 5.32 Å². The zero-order valence-corrected chi connectivity index (χ0v) is 12.6. The summed E-state index contributed by atoms with van der Waals surface area (Å²) < 4.78 is 10.0. The SMILES string of the molecule is COCCN(CCOC)C(=O)c1ccnc(NC(C)=O)c1. The minimum Gasteiger partial charge on any atom is -0.383 e. The van der Waals surface area contributed by atoms with Crippen LogP contribution in [0.2, 0.25) is 0 Å². The fourth-order valence-corrected chi connectivity index (χ4v) is 1.71. The molecule has 1 aromatic rings. The van der Waals surface area contributed by atoms with Crippen LogP contribution >= 0.6 is 0 Å². The van der Waals surface area contributed by atoms with E-state index in [1.807, 2.05) is 0 Å². The molecule has 7 nitrogen and oxygen atoms in total. The number of rotatable bonds is 8. The minimum atomic E-state index is -0.234. The summed E-state index contributed by atoms with van der Waals surface area (Å²) in [6.45, 7) is 3.21. The first-order valence-electron chi connectivity index (χ1n) is 6.59. The average Bonchev–Trinajstić information content (AvgIpc) is 2.46. The van der Waals surface area contributed by atoms with Crippen molar-refractivity contribution in [1.29, 1.82) is 0 Å². The summed E-state index contributed by atoms with van der Waals surface area (Å²) in [7, 11) is 3.17. The fourth-order valence-electron chi connectivity index (χ4n) is 1.71. The maximum atomic E-state index is 12.5. The molecule has 0 aliphatic heterocycles. The Hall–Kier alpha value is -1.99. The molecule has 0 saturated carbocycles. The van der Waals surface area contributed by atoms with Crippen molar-refractivity contribution in [2.75, 3.05) is 45.8 Å². The van der Waals surface area contributed by atoms with Gasteiger partial charge in [-0.3, -0.25) is 9.59 Å². The van der Waals surface area contributed by atoms with Crippen molar-refractivity contribution in [3.8, 4) is 0 Å². The molecule has 0 spiro atoms. The Bertz CT molecular complexity index is 471. The van der Waals surface area contributed by atoms with Gasteiger partial charge in [0, 0.05) is 46.0 Å². The Morgan fingerprint density at radius 1 is 1.24 bits per heavy atom. The van der Waals surface area contributed by atoms with Gasteiger partial charge in [-0.25, -0.2) is 4.98 Å². The Morgan fingerprint density at radius 3 is 2.38 bits per heavy atom. The molecule has 1 N–H and O–H groups in total. The molecule has 0 bridgehead atoms. The lowest BCUT2D eigenvalue weighted by molar-refractivity contribution is -0.114. The average molecular weight is 295 g/mol. The summed E-state index contributed by atoms with van der Waals surface area (Å²) in [6.07, 6.45) is 1.49. The van der Waals surface area contributed by atoms with Gasteiger partial charge in [0.15, 0.2) is 0 Å². The first-order valence-corrected chi connectivity index (χ1v) is 6.59. The van der Waals surface area contributed by atoms with E-state index in [0.717, 1.165) is 0 Å². The molecule has 21 heavy (non-hydrogen) atoms. The molecule has 0 aliphatic carbocycles. The third-order valence-electron chi connectivity index (χ3n) is 2.73. The summed E-state index contributed by atoms with van der Waals surface area (Å²) in [5, 5.41) is 2.56. The van der Waals surface area contributed by atoms with Crippen LogP contribution in [0.5, 0.6) is 0 Å². The van der Waals surface area contributed by atoms with Gasteiger partial charge in [-0.05, 0) is 12.1 Å². The molecule has 1 aromatic heterocycles. The zero-order valence-electron chi connectivity index (χ0n) is 12.6. The number of pyridine rings is 1. The quantitative estimate of drug-likeness (QED) is 0.766. The van der Waals surface area contributed by atoms with Gasteiger partial charge in [-0.15, -0.1) is 0 Å². The molecule has 1 rings (SSSR count). The number of amides is 2. The van der Waals surface area contributed by atoms with Crippen molar-refractivity contribution in [2.24, 2.45) is 0 Å². The maximum Gasteiger partial charge on any atom is 0.254 e. The topological polar surface area (TPSA) is 80.8 Å². The van der Waals surface area contributed by atoms with Crippen molar-refractivity contribution in [3.63, 3.8) is 0 Å². The second kappa shape index (κ2) is 9.04. The number of carbonyl (C=O) groups is 2. The van der Waals surface area contributed by atoms with Crippen LogP contribution in [-0.2, 0) is 14.3 Å². The number of hydrogen-bond acceptors (Lipinski definition) is 5. The van der Waals surface area contributed by atoms with Gasteiger partial charge in [-0.2, -0.15) is 0 Å². The summed E-state index contributed by atoms with van der Waals surface area (Å²) in [4.78, 5) is 29.1. The van der Waals surface area contributed by atoms with Gasteiger partial charge in [0.25, 0.3) is 5.91 Å². The highest BCUT2D eigenvalue weighted by molar-refractivity contribution is 5.96. The van der Waals surface area contributed by atoms with Gasteiger partial charge in [0.1, 0.15) is 5.82 Å². The van der Waals surface area contributed by atoms with Crippen LogP contribution in [0.15, 0.2) is 18.3 Å². The van der Waals surface area contributed by atoms with Crippen molar-refractivity contribution < 1.29 is 19.1 Å². The normalized spacial score (nSPS) is 10.2.